The Kier molecular flexibility index (Phi) is 8.90. The zero-order valence-electron chi connectivity index (χ0n) is 21.3. The first kappa shape index (κ1) is 26.4. The van der Waals surface area contributed by atoms with Gasteiger partial charge in [-0.3, -0.25) is 9.59 Å². The Labute approximate surface area is 222 Å². The number of fused-ring (bicyclic) bond motifs is 1. The summed E-state index contributed by atoms with van der Waals surface area (Å²) in [6.07, 6.45) is 5.10. The fourth-order valence-electron chi connectivity index (χ4n) is 4.46. The third-order valence-corrected chi connectivity index (χ3v) is 7.56. The molecule has 2 aromatic carbocycles. The first-order valence-corrected chi connectivity index (χ1v) is 13.6. The lowest BCUT2D eigenvalue weighted by atomic mass is 9.95. The van der Waals surface area contributed by atoms with E-state index in [1.54, 1.807) is 36.1 Å². The van der Waals surface area contributed by atoms with Crippen LogP contribution in [0.3, 0.4) is 0 Å². The molecule has 6 nitrogen and oxygen atoms in total. The smallest absolute Gasteiger partial charge is 0.341 e. The Bertz CT molecular complexity index is 1280. The van der Waals surface area contributed by atoms with E-state index in [9.17, 15) is 14.4 Å². The van der Waals surface area contributed by atoms with Crippen molar-refractivity contribution in [3.8, 4) is 0 Å². The molecule has 192 valence electrons. The molecule has 3 aromatic rings. The van der Waals surface area contributed by atoms with E-state index in [4.69, 9.17) is 4.74 Å². The van der Waals surface area contributed by atoms with Crippen molar-refractivity contribution in [3.05, 3.63) is 99.6 Å². The van der Waals surface area contributed by atoms with Crippen molar-refractivity contribution in [1.82, 2.24) is 4.90 Å². The molecule has 7 heteroatoms. The molecule has 0 saturated heterocycles. The van der Waals surface area contributed by atoms with Gasteiger partial charge in [-0.2, -0.15) is 0 Å². The average Bonchev–Trinajstić information content (AvgIpc) is 3.30. The second-order valence-corrected chi connectivity index (χ2v) is 9.96. The molecular weight excluding hydrogens is 484 g/mol. The molecule has 0 saturated carbocycles. The summed E-state index contributed by atoms with van der Waals surface area (Å²) in [4.78, 5) is 42.8. The number of benzene rings is 2. The average molecular weight is 517 g/mol. The van der Waals surface area contributed by atoms with Crippen LogP contribution in [0.5, 0.6) is 0 Å². The molecule has 0 atom stereocenters. The van der Waals surface area contributed by atoms with E-state index in [1.165, 1.54) is 17.4 Å². The van der Waals surface area contributed by atoms with E-state index in [-0.39, 0.29) is 24.0 Å². The minimum atomic E-state index is -0.401. The number of amides is 1. The molecule has 0 fully saturated rings. The Morgan fingerprint density at radius 1 is 0.973 bits per heavy atom. The van der Waals surface area contributed by atoms with Crippen LogP contribution >= 0.6 is 11.3 Å². The number of hydrogen-bond donors (Lipinski definition) is 1. The normalized spacial score (nSPS) is 13.0. The number of carbonyl (C=O) groups excluding carboxylic acids is 3. The van der Waals surface area contributed by atoms with Gasteiger partial charge < -0.3 is 15.0 Å². The molecule has 0 spiro atoms. The Hall–Kier alpha value is -3.71. The lowest BCUT2D eigenvalue weighted by Crippen LogP contribution is -2.34. The molecular formula is C30H32N2O4S. The van der Waals surface area contributed by atoms with Gasteiger partial charge in [0, 0.05) is 29.6 Å². The maximum absolute atomic E-state index is 13.8. The van der Waals surface area contributed by atoms with Gasteiger partial charge in [0.25, 0.3) is 5.91 Å². The first-order valence-electron chi connectivity index (χ1n) is 12.7. The number of aryl methyl sites for hydroxylation is 1. The van der Waals surface area contributed by atoms with Gasteiger partial charge in [0.05, 0.1) is 12.2 Å². The zero-order chi connectivity index (χ0) is 26.2. The zero-order valence-corrected chi connectivity index (χ0v) is 22.1. The fourth-order valence-corrected chi connectivity index (χ4v) is 5.75. The van der Waals surface area contributed by atoms with Crippen molar-refractivity contribution in [2.75, 3.05) is 18.5 Å². The molecule has 1 N–H and O–H groups in total. The maximum Gasteiger partial charge on any atom is 0.341 e. The number of allylic oxidation sites excluding steroid dienone is 1. The van der Waals surface area contributed by atoms with Gasteiger partial charge in [0.1, 0.15) is 10.7 Å². The van der Waals surface area contributed by atoms with Crippen molar-refractivity contribution in [2.24, 2.45) is 0 Å². The number of thiophene rings is 1. The summed E-state index contributed by atoms with van der Waals surface area (Å²) >= 11 is 1.47. The van der Waals surface area contributed by atoms with Crippen LogP contribution in [0.1, 0.15) is 63.4 Å². The highest BCUT2D eigenvalue weighted by atomic mass is 32.1. The van der Waals surface area contributed by atoms with Crippen LogP contribution in [0.25, 0.3) is 0 Å². The summed E-state index contributed by atoms with van der Waals surface area (Å²) < 4.78 is 5.38. The third kappa shape index (κ3) is 6.35. The van der Waals surface area contributed by atoms with Crippen LogP contribution in [0, 0.1) is 0 Å². The largest absolute Gasteiger partial charge is 0.462 e. The highest BCUT2D eigenvalue weighted by molar-refractivity contribution is 7.16. The van der Waals surface area contributed by atoms with Gasteiger partial charge in [-0.25, -0.2) is 4.79 Å². The van der Waals surface area contributed by atoms with Gasteiger partial charge in [-0.15, -0.1) is 11.3 Å². The molecule has 1 aromatic heterocycles. The second-order valence-electron chi connectivity index (χ2n) is 8.85. The second kappa shape index (κ2) is 12.5. The summed E-state index contributed by atoms with van der Waals surface area (Å²) in [5.74, 6) is -0.995. The summed E-state index contributed by atoms with van der Waals surface area (Å²) in [5.41, 5.74) is 3.09. The number of esters is 1. The lowest BCUT2D eigenvalue weighted by molar-refractivity contribution is -0.127. The molecule has 0 unspecified atom stereocenters. The highest BCUT2D eigenvalue weighted by Gasteiger charge is 2.29. The molecule has 1 aliphatic carbocycles. The number of likely N-dealkylation sites (N-methyl/N-ethyl adjacent to an activating group) is 1. The van der Waals surface area contributed by atoms with Crippen LogP contribution < -0.4 is 5.32 Å². The maximum atomic E-state index is 13.8. The van der Waals surface area contributed by atoms with Gasteiger partial charge >= 0.3 is 5.97 Å². The van der Waals surface area contributed by atoms with Crippen LogP contribution in [0.2, 0.25) is 0 Å². The van der Waals surface area contributed by atoms with Crippen molar-refractivity contribution in [3.63, 3.8) is 0 Å². The molecule has 37 heavy (non-hydrogen) atoms. The molecule has 4 rings (SSSR count). The number of carbonyl (C=O) groups is 3. The van der Waals surface area contributed by atoms with E-state index < -0.39 is 5.97 Å². The SMILES string of the molecule is CCOC(=O)c1c(N/C(=C\C(=O)c2ccccc2)C(=O)N(CC)Cc2ccccc2)sc2c1CCCC2. The molecule has 1 heterocycles. The molecule has 0 radical (unpaired) electrons. The van der Waals surface area contributed by atoms with E-state index in [0.29, 0.717) is 29.2 Å². The van der Waals surface area contributed by atoms with Crippen LogP contribution in [0.15, 0.2) is 72.4 Å². The van der Waals surface area contributed by atoms with Crippen LogP contribution in [-0.4, -0.2) is 35.7 Å². The van der Waals surface area contributed by atoms with E-state index in [1.807, 2.05) is 43.3 Å². The van der Waals surface area contributed by atoms with Crippen LogP contribution in [0.4, 0.5) is 5.00 Å². The number of anilines is 1. The van der Waals surface area contributed by atoms with Crippen molar-refractivity contribution >= 4 is 34.0 Å². The Balaban J connectivity index is 1.73. The predicted molar refractivity (Wildman–Crippen MR) is 147 cm³/mol. The van der Waals surface area contributed by atoms with Crippen molar-refractivity contribution in [2.45, 2.75) is 46.1 Å². The number of ether oxygens (including phenoxy) is 1. The Morgan fingerprint density at radius 2 is 1.65 bits per heavy atom. The molecule has 1 aliphatic rings. The fraction of sp³-hybridized carbons (Fsp3) is 0.300. The highest BCUT2D eigenvalue weighted by Crippen LogP contribution is 2.39. The Morgan fingerprint density at radius 3 is 2.32 bits per heavy atom. The number of rotatable bonds is 10. The van der Waals surface area contributed by atoms with Crippen molar-refractivity contribution < 1.29 is 19.1 Å². The quantitative estimate of drug-likeness (QED) is 0.202. The van der Waals surface area contributed by atoms with Gasteiger partial charge in [-0.1, -0.05) is 60.7 Å². The minimum absolute atomic E-state index is 0.135. The standard InChI is InChI=1S/C30H32N2O4S/c1-3-32(20-21-13-7-5-8-14-21)29(34)24(19-25(33)22-15-9-6-10-16-22)31-28-27(30(35)36-4-2)23-17-11-12-18-26(23)37-28/h5-10,13-16,19,31H,3-4,11-12,17-18,20H2,1-2H3/b24-19-. The predicted octanol–water partition coefficient (Wildman–Crippen LogP) is 6.03. The summed E-state index contributed by atoms with van der Waals surface area (Å²) in [7, 11) is 0. The van der Waals surface area contributed by atoms with E-state index >= 15 is 0 Å². The molecule has 0 bridgehead atoms. The monoisotopic (exact) mass is 516 g/mol. The number of ketones is 1. The van der Waals surface area contributed by atoms with Crippen molar-refractivity contribution in [1.29, 1.82) is 0 Å². The molecule has 1 amide bonds. The number of nitrogens with one attached hydrogen (secondary N) is 1. The molecule has 0 aliphatic heterocycles. The summed E-state index contributed by atoms with van der Waals surface area (Å²) in [6, 6.07) is 18.6. The van der Waals surface area contributed by atoms with Gasteiger partial charge in [0.2, 0.25) is 0 Å². The van der Waals surface area contributed by atoms with E-state index in [2.05, 4.69) is 5.32 Å². The number of nitrogens with zero attached hydrogens (tertiary/aromatic N) is 1. The van der Waals surface area contributed by atoms with Gasteiger partial charge in [-0.05, 0) is 50.7 Å². The minimum Gasteiger partial charge on any atom is -0.462 e. The summed E-state index contributed by atoms with van der Waals surface area (Å²) in [6.45, 7) is 4.81. The van der Waals surface area contributed by atoms with Gasteiger partial charge in [0.15, 0.2) is 5.78 Å². The lowest BCUT2D eigenvalue weighted by Gasteiger charge is -2.23. The van der Waals surface area contributed by atoms with Crippen LogP contribution in [-0.2, 0) is 28.9 Å². The summed E-state index contributed by atoms with van der Waals surface area (Å²) in [5, 5.41) is 3.77. The third-order valence-electron chi connectivity index (χ3n) is 6.35. The number of hydrogen-bond acceptors (Lipinski definition) is 6. The van der Waals surface area contributed by atoms with E-state index in [0.717, 1.165) is 41.7 Å². The first-order chi connectivity index (χ1) is 18.0. The topological polar surface area (TPSA) is 75.7 Å².